The van der Waals surface area contributed by atoms with Crippen molar-refractivity contribution in [1.82, 2.24) is 20.3 Å². The van der Waals surface area contributed by atoms with E-state index in [2.05, 4.69) is 25.6 Å². The van der Waals surface area contributed by atoms with Gasteiger partial charge >= 0.3 is 12.1 Å². The van der Waals surface area contributed by atoms with Crippen LogP contribution in [0, 0.1) is 6.92 Å². The van der Waals surface area contributed by atoms with E-state index in [9.17, 15) is 27.9 Å². The third kappa shape index (κ3) is 6.19. The van der Waals surface area contributed by atoms with Crippen molar-refractivity contribution >= 4 is 34.8 Å². The lowest BCUT2D eigenvalue weighted by atomic mass is 9.82. The quantitative estimate of drug-likeness (QED) is 0.372. The number of halogens is 3. The molecule has 2 aliphatic rings. The molecule has 1 aromatic carbocycles. The van der Waals surface area contributed by atoms with Gasteiger partial charge in [0.2, 0.25) is 5.95 Å². The summed E-state index contributed by atoms with van der Waals surface area (Å²) in [5, 5.41) is 17.7. The summed E-state index contributed by atoms with van der Waals surface area (Å²) >= 11 is 1.34. The van der Waals surface area contributed by atoms with Crippen molar-refractivity contribution in [3.8, 4) is 10.4 Å². The minimum atomic E-state index is -4.58. The number of aliphatic hydroxyl groups is 1. The molecule has 1 saturated heterocycles. The Morgan fingerprint density at radius 2 is 1.95 bits per heavy atom. The molecule has 13 heteroatoms. The fourth-order valence-corrected chi connectivity index (χ4v) is 5.83. The number of benzene rings is 1. The van der Waals surface area contributed by atoms with Crippen LogP contribution >= 0.6 is 11.3 Å². The van der Waals surface area contributed by atoms with Gasteiger partial charge in [0.15, 0.2) is 6.10 Å². The van der Waals surface area contributed by atoms with Gasteiger partial charge in [0.25, 0.3) is 5.91 Å². The SMILES string of the molecule is Cc1cc(Nc2nccc(C(F)(F)F)n2)cc(-c2cnc([C@]3(O)CC[C@@H](NC(=O)[C@H]4CCC(=O)O4)CC3)s2)c1. The van der Waals surface area contributed by atoms with Crippen LogP contribution in [-0.4, -0.2) is 44.1 Å². The number of nitrogens with one attached hydrogen (secondary N) is 2. The molecule has 1 atom stereocenters. The molecule has 2 fully saturated rings. The highest BCUT2D eigenvalue weighted by Crippen LogP contribution is 2.41. The number of alkyl halides is 3. The number of nitrogens with zero attached hydrogens (tertiary/aromatic N) is 3. The number of aromatic nitrogens is 3. The molecule has 1 aliphatic heterocycles. The Morgan fingerprint density at radius 3 is 2.64 bits per heavy atom. The fourth-order valence-electron chi connectivity index (χ4n) is 4.78. The predicted octanol–water partition coefficient (Wildman–Crippen LogP) is 4.62. The van der Waals surface area contributed by atoms with E-state index in [-0.39, 0.29) is 30.3 Å². The monoisotopic (exact) mass is 561 g/mol. The predicted molar refractivity (Wildman–Crippen MR) is 136 cm³/mol. The fraction of sp³-hybridized carbons (Fsp3) is 0.423. The van der Waals surface area contributed by atoms with Crippen LogP contribution in [0.15, 0.2) is 36.7 Å². The molecule has 206 valence electrons. The first kappa shape index (κ1) is 27.0. The molecule has 3 heterocycles. The van der Waals surface area contributed by atoms with Crippen molar-refractivity contribution in [2.45, 2.75) is 69.4 Å². The third-order valence-corrected chi connectivity index (χ3v) is 8.04. The lowest BCUT2D eigenvalue weighted by Crippen LogP contribution is -2.45. The maximum absolute atomic E-state index is 13.0. The zero-order chi connectivity index (χ0) is 27.8. The van der Waals surface area contributed by atoms with E-state index in [0.29, 0.717) is 42.8 Å². The number of ether oxygens (including phenoxy) is 1. The van der Waals surface area contributed by atoms with Crippen LogP contribution in [0.1, 0.15) is 54.8 Å². The average Bonchev–Trinajstić information content (AvgIpc) is 3.55. The first-order valence-corrected chi connectivity index (χ1v) is 13.3. The highest BCUT2D eigenvalue weighted by molar-refractivity contribution is 7.15. The van der Waals surface area contributed by atoms with Gasteiger partial charge in [-0.3, -0.25) is 9.59 Å². The summed E-state index contributed by atoms with van der Waals surface area (Å²) in [7, 11) is 0. The number of carbonyl (C=O) groups is 2. The van der Waals surface area contributed by atoms with Gasteiger partial charge in [0.05, 0.1) is 4.88 Å². The van der Waals surface area contributed by atoms with Gasteiger partial charge in [0, 0.05) is 37.0 Å². The van der Waals surface area contributed by atoms with Gasteiger partial charge in [0.1, 0.15) is 16.3 Å². The van der Waals surface area contributed by atoms with Crippen molar-refractivity contribution in [3.05, 3.63) is 52.9 Å². The summed E-state index contributed by atoms with van der Waals surface area (Å²) in [5.41, 5.74) is -0.0174. The van der Waals surface area contributed by atoms with Crippen LogP contribution in [0.3, 0.4) is 0 Å². The van der Waals surface area contributed by atoms with Gasteiger partial charge < -0.3 is 20.5 Å². The van der Waals surface area contributed by atoms with E-state index < -0.39 is 23.6 Å². The van der Waals surface area contributed by atoms with E-state index in [1.54, 1.807) is 18.3 Å². The molecule has 0 unspecified atom stereocenters. The van der Waals surface area contributed by atoms with Gasteiger partial charge in [-0.1, -0.05) is 6.07 Å². The molecule has 0 radical (unpaired) electrons. The molecule has 1 amide bonds. The molecule has 9 nitrogen and oxygen atoms in total. The molecular weight excluding hydrogens is 535 g/mol. The number of hydrogen-bond donors (Lipinski definition) is 3. The van der Waals surface area contributed by atoms with Gasteiger partial charge in [-0.15, -0.1) is 11.3 Å². The van der Waals surface area contributed by atoms with Crippen LogP contribution in [0.25, 0.3) is 10.4 Å². The molecule has 3 aromatic rings. The standard InChI is InChI=1S/C26H26F3N5O4S/c1-14-10-15(12-17(11-14)33-24-30-9-6-20(34-24)26(27,28)29)19-13-31-23(39-19)25(37)7-4-16(5-8-25)32-22(36)18-2-3-21(35)38-18/h6,9-13,16,18,37H,2-5,7-8H2,1H3,(H,32,36)(H,30,33,34)/t16-,18-,25+/m1/s1. The maximum atomic E-state index is 13.0. The Labute approximate surface area is 225 Å². The Kier molecular flexibility index (Phi) is 7.29. The van der Waals surface area contributed by atoms with Gasteiger partial charge in [-0.2, -0.15) is 13.2 Å². The first-order chi connectivity index (χ1) is 18.5. The molecule has 39 heavy (non-hydrogen) atoms. The lowest BCUT2D eigenvalue weighted by molar-refractivity contribution is -0.148. The average molecular weight is 562 g/mol. The van der Waals surface area contributed by atoms with E-state index in [4.69, 9.17) is 4.74 Å². The molecule has 2 aromatic heterocycles. The van der Waals surface area contributed by atoms with Crippen LogP contribution in [-0.2, 0) is 26.1 Å². The zero-order valence-electron chi connectivity index (χ0n) is 20.9. The van der Waals surface area contributed by atoms with Crippen molar-refractivity contribution < 1.29 is 32.6 Å². The maximum Gasteiger partial charge on any atom is 0.433 e. The van der Waals surface area contributed by atoms with E-state index in [1.807, 2.05) is 13.0 Å². The number of anilines is 2. The third-order valence-electron chi connectivity index (χ3n) is 6.80. The van der Waals surface area contributed by atoms with Crippen molar-refractivity contribution in [1.29, 1.82) is 0 Å². The molecule has 1 aliphatic carbocycles. The van der Waals surface area contributed by atoms with Crippen LogP contribution in [0.5, 0.6) is 0 Å². The second-order valence-corrected chi connectivity index (χ2v) is 10.9. The van der Waals surface area contributed by atoms with E-state index in [0.717, 1.165) is 28.3 Å². The van der Waals surface area contributed by atoms with Crippen molar-refractivity contribution in [2.24, 2.45) is 0 Å². The summed E-state index contributed by atoms with van der Waals surface area (Å²) in [6.07, 6.45) is -0.0700. The van der Waals surface area contributed by atoms with Crippen LogP contribution in [0.2, 0.25) is 0 Å². The number of aryl methyl sites for hydroxylation is 1. The number of esters is 1. The Bertz CT molecular complexity index is 1390. The zero-order valence-corrected chi connectivity index (χ0v) is 21.7. The van der Waals surface area contributed by atoms with Gasteiger partial charge in [-0.25, -0.2) is 15.0 Å². The number of amides is 1. The summed E-state index contributed by atoms with van der Waals surface area (Å²) in [5.74, 6) is -0.837. The number of thiazole rings is 1. The Morgan fingerprint density at radius 1 is 1.18 bits per heavy atom. The summed E-state index contributed by atoms with van der Waals surface area (Å²) < 4.78 is 44.1. The molecular formula is C26H26F3N5O4S. The number of hydrogen-bond acceptors (Lipinski definition) is 9. The highest BCUT2D eigenvalue weighted by Gasteiger charge is 2.39. The first-order valence-electron chi connectivity index (χ1n) is 12.5. The van der Waals surface area contributed by atoms with Crippen LogP contribution in [0.4, 0.5) is 24.8 Å². The largest absolute Gasteiger partial charge is 0.452 e. The number of carbonyl (C=O) groups excluding carboxylic acids is 2. The minimum Gasteiger partial charge on any atom is -0.452 e. The number of cyclic esters (lactones) is 1. The molecule has 3 N–H and O–H groups in total. The summed E-state index contributed by atoms with van der Waals surface area (Å²) in [4.78, 5) is 36.3. The Balaban J connectivity index is 1.25. The second-order valence-electron chi connectivity index (χ2n) is 9.84. The minimum absolute atomic E-state index is 0.125. The van der Waals surface area contributed by atoms with Gasteiger partial charge in [-0.05, 0) is 61.9 Å². The highest BCUT2D eigenvalue weighted by atomic mass is 32.1. The van der Waals surface area contributed by atoms with Crippen molar-refractivity contribution in [3.63, 3.8) is 0 Å². The van der Waals surface area contributed by atoms with Crippen molar-refractivity contribution in [2.75, 3.05) is 5.32 Å². The topological polar surface area (TPSA) is 126 Å². The van der Waals surface area contributed by atoms with Crippen LogP contribution < -0.4 is 10.6 Å². The second kappa shape index (κ2) is 10.5. The lowest BCUT2D eigenvalue weighted by Gasteiger charge is -2.35. The summed E-state index contributed by atoms with van der Waals surface area (Å²) in [6, 6.07) is 6.14. The van der Waals surface area contributed by atoms with E-state index >= 15 is 0 Å². The molecule has 5 rings (SSSR count). The Hall–Kier alpha value is -3.58. The van der Waals surface area contributed by atoms with E-state index in [1.165, 1.54) is 11.3 Å². The smallest absolute Gasteiger partial charge is 0.433 e. The normalized spacial score (nSPS) is 23.4. The molecule has 0 spiro atoms. The molecule has 1 saturated carbocycles. The molecule has 0 bridgehead atoms. The summed E-state index contributed by atoms with van der Waals surface area (Å²) in [6.45, 7) is 1.86. The number of rotatable bonds is 6.